The monoisotopic (exact) mass is 333 g/mol. The predicted octanol–water partition coefficient (Wildman–Crippen LogP) is 2.16. The van der Waals surface area contributed by atoms with Gasteiger partial charge in [0.05, 0.1) is 6.54 Å². The Morgan fingerprint density at radius 3 is 2.88 bits per heavy atom. The summed E-state index contributed by atoms with van der Waals surface area (Å²) < 4.78 is 13.5. The lowest BCUT2D eigenvalue weighted by Gasteiger charge is -2.37. The first-order valence-electron chi connectivity index (χ1n) is 8.61. The first-order chi connectivity index (χ1) is 11.5. The van der Waals surface area contributed by atoms with Crippen LogP contribution in [0.15, 0.2) is 18.2 Å². The SMILES string of the molecule is Cc1ccc(NC(=O)CN2CCC[C@H](N3CCCC3=O)C2)cc1F. The number of rotatable bonds is 4. The first-order valence-corrected chi connectivity index (χ1v) is 8.61. The summed E-state index contributed by atoms with van der Waals surface area (Å²) in [6.45, 7) is 4.39. The summed E-state index contributed by atoms with van der Waals surface area (Å²) in [5.74, 6) is -0.230. The Morgan fingerprint density at radius 1 is 1.33 bits per heavy atom. The summed E-state index contributed by atoms with van der Waals surface area (Å²) in [7, 11) is 0. The second-order valence-electron chi connectivity index (χ2n) is 6.73. The van der Waals surface area contributed by atoms with E-state index in [0.717, 1.165) is 38.9 Å². The number of carbonyl (C=O) groups is 2. The van der Waals surface area contributed by atoms with E-state index in [4.69, 9.17) is 0 Å². The molecule has 0 radical (unpaired) electrons. The van der Waals surface area contributed by atoms with E-state index in [1.165, 1.54) is 6.07 Å². The van der Waals surface area contributed by atoms with Crippen molar-refractivity contribution in [3.05, 3.63) is 29.6 Å². The third-order valence-electron chi connectivity index (χ3n) is 4.85. The molecule has 1 aromatic carbocycles. The molecule has 130 valence electrons. The Morgan fingerprint density at radius 2 is 2.17 bits per heavy atom. The van der Waals surface area contributed by atoms with Gasteiger partial charge in [0.2, 0.25) is 11.8 Å². The van der Waals surface area contributed by atoms with Gasteiger partial charge in [-0.1, -0.05) is 6.07 Å². The number of carbonyl (C=O) groups excluding carboxylic acids is 2. The quantitative estimate of drug-likeness (QED) is 0.919. The Hall–Kier alpha value is -1.95. The first kappa shape index (κ1) is 16.9. The largest absolute Gasteiger partial charge is 0.338 e. The molecular weight excluding hydrogens is 309 g/mol. The van der Waals surface area contributed by atoms with Crippen LogP contribution in [0.25, 0.3) is 0 Å². The lowest BCUT2D eigenvalue weighted by molar-refractivity contribution is -0.130. The Bertz CT molecular complexity index is 635. The summed E-state index contributed by atoms with van der Waals surface area (Å²) >= 11 is 0. The van der Waals surface area contributed by atoms with Crippen LogP contribution in [-0.2, 0) is 9.59 Å². The van der Waals surface area contributed by atoms with E-state index in [1.807, 2.05) is 4.90 Å². The zero-order valence-electron chi connectivity index (χ0n) is 14.1. The molecule has 2 aliphatic heterocycles. The molecular formula is C18H24FN3O2. The van der Waals surface area contributed by atoms with Crippen molar-refractivity contribution >= 4 is 17.5 Å². The van der Waals surface area contributed by atoms with Gasteiger partial charge in [0, 0.05) is 31.2 Å². The number of aryl methyl sites for hydroxylation is 1. The molecule has 5 nitrogen and oxygen atoms in total. The number of nitrogens with zero attached hydrogens (tertiary/aromatic N) is 2. The molecule has 1 N–H and O–H groups in total. The molecule has 0 unspecified atom stereocenters. The van der Waals surface area contributed by atoms with Crippen LogP contribution in [0.4, 0.5) is 10.1 Å². The summed E-state index contributed by atoms with van der Waals surface area (Å²) in [5.41, 5.74) is 1.04. The van der Waals surface area contributed by atoms with Crippen LogP contribution in [0.3, 0.4) is 0 Å². The minimum atomic E-state index is -0.321. The summed E-state index contributed by atoms with van der Waals surface area (Å²) in [5, 5.41) is 2.75. The van der Waals surface area contributed by atoms with Crippen molar-refractivity contribution in [2.45, 2.75) is 38.6 Å². The van der Waals surface area contributed by atoms with Crippen LogP contribution in [0, 0.1) is 12.7 Å². The zero-order chi connectivity index (χ0) is 17.1. The van der Waals surface area contributed by atoms with Gasteiger partial charge in [0.15, 0.2) is 0 Å². The van der Waals surface area contributed by atoms with E-state index in [0.29, 0.717) is 17.7 Å². The van der Waals surface area contributed by atoms with Gasteiger partial charge in [-0.2, -0.15) is 0 Å². The third-order valence-corrected chi connectivity index (χ3v) is 4.85. The molecule has 2 aliphatic rings. The molecule has 0 bridgehead atoms. The van der Waals surface area contributed by atoms with Gasteiger partial charge in [-0.3, -0.25) is 14.5 Å². The van der Waals surface area contributed by atoms with Crippen LogP contribution in [-0.4, -0.2) is 53.8 Å². The minimum absolute atomic E-state index is 0.147. The van der Waals surface area contributed by atoms with Crippen molar-refractivity contribution in [1.29, 1.82) is 0 Å². The molecule has 0 spiro atoms. The van der Waals surface area contributed by atoms with E-state index in [1.54, 1.807) is 19.1 Å². The van der Waals surface area contributed by atoms with Gasteiger partial charge in [-0.25, -0.2) is 4.39 Å². The number of likely N-dealkylation sites (tertiary alicyclic amines) is 2. The van der Waals surface area contributed by atoms with E-state index >= 15 is 0 Å². The van der Waals surface area contributed by atoms with Gasteiger partial charge in [0.25, 0.3) is 0 Å². The third kappa shape index (κ3) is 3.93. The molecule has 1 aromatic rings. The fourth-order valence-corrected chi connectivity index (χ4v) is 3.56. The predicted molar refractivity (Wildman–Crippen MR) is 90.2 cm³/mol. The van der Waals surface area contributed by atoms with Crippen LogP contribution in [0.2, 0.25) is 0 Å². The molecule has 24 heavy (non-hydrogen) atoms. The highest BCUT2D eigenvalue weighted by atomic mass is 19.1. The van der Waals surface area contributed by atoms with Crippen LogP contribution in [0.5, 0.6) is 0 Å². The molecule has 2 heterocycles. The second kappa shape index (κ2) is 7.30. The van der Waals surface area contributed by atoms with Crippen molar-refractivity contribution < 1.29 is 14.0 Å². The number of hydrogen-bond donors (Lipinski definition) is 1. The maximum absolute atomic E-state index is 13.5. The van der Waals surface area contributed by atoms with Gasteiger partial charge in [-0.05, 0) is 50.4 Å². The van der Waals surface area contributed by atoms with Crippen molar-refractivity contribution in [3.63, 3.8) is 0 Å². The molecule has 1 atom stereocenters. The topological polar surface area (TPSA) is 52.7 Å². The second-order valence-corrected chi connectivity index (χ2v) is 6.73. The number of piperidine rings is 1. The van der Waals surface area contributed by atoms with Crippen LogP contribution >= 0.6 is 0 Å². The average Bonchev–Trinajstić information content (AvgIpc) is 2.97. The standard InChI is InChI=1S/C18H24FN3O2/c1-13-6-7-14(10-16(13)19)20-17(23)12-21-8-2-4-15(11-21)22-9-3-5-18(22)24/h6-7,10,15H,2-5,8-9,11-12H2,1H3,(H,20,23)/t15-/m0/s1. The fourth-order valence-electron chi connectivity index (χ4n) is 3.56. The number of anilines is 1. The van der Waals surface area contributed by atoms with Crippen LogP contribution < -0.4 is 5.32 Å². The number of amides is 2. The van der Waals surface area contributed by atoms with E-state index < -0.39 is 0 Å². The van der Waals surface area contributed by atoms with Crippen molar-refractivity contribution in [1.82, 2.24) is 9.80 Å². The van der Waals surface area contributed by atoms with Gasteiger partial charge >= 0.3 is 0 Å². The smallest absolute Gasteiger partial charge is 0.238 e. The number of benzene rings is 1. The Labute approximate surface area is 141 Å². The zero-order valence-corrected chi connectivity index (χ0v) is 14.1. The Kier molecular flexibility index (Phi) is 5.14. The van der Waals surface area contributed by atoms with Crippen LogP contribution in [0.1, 0.15) is 31.2 Å². The lowest BCUT2D eigenvalue weighted by atomic mass is 10.0. The number of nitrogens with one attached hydrogen (secondary N) is 1. The molecule has 0 aliphatic carbocycles. The average molecular weight is 333 g/mol. The van der Waals surface area contributed by atoms with E-state index in [-0.39, 0.29) is 30.2 Å². The molecule has 0 saturated carbocycles. The minimum Gasteiger partial charge on any atom is -0.338 e. The van der Waals surface area contributed by atoms with Gasteiger partial charge in [-0.15, -0.1) is 0 Å². The van der Waals surface area contributed by atoms with E-state index in [9.17, 15) is 14.0 Å². The number of hydrogen-bond acceptors (Lipinski definition) is 3. The molecule has 6 heteroatoms. The fraction of sp³-hybridized carbons (Fsp3) is 0.556. The molecule has 0 aromatic heterocycles. The maximum atomic E-state index is 13.5. The van der Waals surface area contributed by atoms with Crippen molar-refractivity contribution in [2.75, 3.05) is 31.5 Å². The number of halogens is 1. The summed E-state index contributed by atoms with van der Waals surface area (Å²) in [6.07, 6.45) is 3.58. The normalized spacial score (nSPS) is 22.0. The highest BCUT2D eigenvalue weighted by Crippen LogP contribution is 2.21. The summed E-state index contributed by atoms with van der Waals surface area (Å²) in [6, 6.07) is 4.92. The van der Waals surface area contributed by atoms with Gasteiger partial charge in [0.1, 0.15) is 5.82 Å². The lowest BCUT2D eigenvalue weighted by Crippen LogP contribution is -2.50. The maximum Gasteiger partial charge on any atom is 0.238 e. The van der Waals surface area contributed by atoms with E-state index in [2.05, 4.69) is 10.2 Å². The molecule has 2 fully saturated rings. The summed E-state index contributed by atoms with van der Waals surface area (Å²) in [4.78, 5) is 28.2. The highest BCUT2D eigenvalue weighted by Gasteiger charge is 2.31. The van der Waals surface area contributed by atoms with Crippen molar-refractivity contribution in [3.8, 4) is 0 Å². The molecule has 2 saturated heterocycles. The molecule has 3 rings (SSSR count). The van der Waals surface area contributed by atoms with Crippen molar-refractivity contribution in [2.24, 2.45) is 0 Å². The Balaban J connectivity index is 1.53. The van der Waals surface area contributed by atoms with Gasteiger partial charge < -0.3 is 10.2 Å². The molecule has 2 amide bonds. The highest BCUT2D eigenvalue weighted by molar-refractivity contribution is 5.92.